The second-order valence-corrected chi connectivity index (χ2v) is 10.9. The largest absolute Gasteiger partial charge is 0.416 e. The van der Waals surface area contributed by atoms with Crippen LogP contribution >= 0.6 is 0 Å². The molecule has 12 heteroatoms. The number of rotatable bonds is 6. The first kappa shape index (κ1) is 28.8. The van der Waals surface area contributed by atoms with Crippen LogP contribution in [0, 0.1) is 12.7 Å². The molecule has 0 N–H and O–H groups in total. The summed E-state index contributed by atoms with van der Waals surface area (Å²) < 4.78 is 84.8. The molecule has 1 fully saturated rings. The number of amides is 2. The molecule has 2 aromatic carbocycles. The van der Waals surface area contributed by atoms with Crippen LogP contribution in [-0.4, -0.2) is 45.8 Å². The van der Waals surface area contributed by atoms with Gasteiger partial charge < -0.3 is 9.80 Å². The Morgan fingerprint density at radius 2 is 1.68 bits per heavy atom. The number of alkyl halides is 5. The molecule has 2 aliphatic rings. The molecule has 0 aliphatic carbocycles. The van der Waals surface area contributed by atoms with Crippen molar-refractivity contribution in [3.63, 3.8) is 0 Å². The van der Waals surface area contributed by atoms with Crippen LogP contribution in [0.4, 0.5) is 42.5 Å². The maximum absolute atomic E-state index is 14.6. The molecule has 0 radical (unpaired) electrons. The number of aryl methyl sites for hydroxylation is 1. The number of piperidine rings is 1. The van der Waals surface area contributed by atoms with E-state index < -0.39 is 42.8 Å². The minimum absolute atomic E-state index is 0.118. The van der Waals surface area contributed by atoms with Crippen molar-refractivity contribution >= 4 is 17.4 Å². The molecule has 1 atom stereocenters. The van der Waals surface area contributed by atoms with E-state index in [0.717, 1.165) is 23.2 Å². The number of carbonyl (C=O) groups excluding carboxylic acids is 1. The summed E-state index contributed by atoms with van der Waals surface area (Å²) in [4.78, 5) is 18.7. The first-order valence-electron chi connectivity index (χ1n) is 13.4. The summed E-state index contributed by atoms with van der Waals surface area (Å²) in [5, 5.41) is 4.36. The molecule has 3 aromatic rings. The van der Waals surface area contributed by atoms with Gasteiger partial charge in [-0.15, -0.1) is 0 Å². The average Bonchev–Trinajstić information content (AvgIpc) is 3.29. The highest BCUT2D eigenvalue weighted by Gasteiger charge is 2.44. The van der Waals surface area contributed by atoms with Gasteiger partial charge in [-0.05, 0) is 49.9 Å². The van der Waals surface area contributed by atoms with Gasteiger partial charge in [-0.25, -0.2) is 18.0 Å². The Kier molecular flexibility index (Phi) is 7.46. The van der Waals surface area contributed by atoms with E-state index in [9.17, 15) is 31.1 Å². The standard InChI is InChI=1S/C29H31F6N5O/c1-18-7-6-10-23(30)26(18)37-13-11-21(12-14-37)40-19(2)25-24(16-38(36-25)17-28(3,31)32)39(27(40)41)15-20-8-4-5-9-22(20)29(33,34)35/h4-10,16,19,21H,11-15,17H2,1-3H3/t19-/m1/s1. The molecule has 1 saturated heterocycles. The zero-order chi connectivity index (χ0) is 29.7. The first-order valence-corrected chi connectivity index (χ1v) is 13.4. The molecule has 41 heavy (non-hydrogen) atoms. The molecule has 1 aromatic heterocycles. The van der Waals surface area contributed by atoms with Gasteiger partial charge in [0.2, 0.25) is 0 Å². The number of hydrogen-bond acceptors (Lipinski definition) is 3. The third kappa shape index (κ3) is 5.73. The minimum atomic E-state index is -4.64. The SMILES string of the molecule is Cc1cccc(F)c1N1CCC(N2C(=O)N(Cc3ccccc3C(F)(F)F)c3cn(CC(C)(F)F)nc3[C@H]2C)CC1. The van der Waals surface area contributed by atoms with Crippen molar-refractivity contribution in [1.82, 2.24) is 14.7 Å². The van der Waals surface area contributed by atoms with Gasteiger partial charge in [0.1, 0.15) is 18.1 Å². The topological polar surface area (TPSA) is 44.6 Å². The summed E-state index contributed by atoms with van der Waals surface area (Å²) >= 11 is 0. The van der Waals surface area contributed by atoms with Crippen LogP contribution in [0.2, 0.25) is 0 Å². The summed E-state index contributed by atoms with van der Waals surface area (Å²) in [6.45, 7) is 4.09. The zero-order valence-corrected chi connectivity index (χ0v) is 22.9. The smallest absolute Gasteiger partial charge is 0.369 e. The summed E-state index contributed by atoms with van der Waals surface area (Å²) in [6.07, 6.45) is -2.37. The van der Waals surface area contributed by atoms with E-state index in [1.165, 1.54) is 35.4 Å². The lowest BCUT2D eigenvalue weighted by molar-refractivity contribution is -0.138. The molecule has 0 bridgehead atoms. The Hall–Kier alpha value is -3.70. The predicted molar refractivity (Wildman–Crippen MR) is 142 cm³/mol. The number of aromatic nitrogens is 2. The van der Waals surface area contributed by atoms with Crippen molar-refractivity contribution in [2.24, 2.45) is 0 Å². The molecule has 6 nitrogen and oxygen atoms in total. The van der Waals surface area contributed by atoms with E-state index in [1.807, 2.05) is 17.9 Å². The van der Waals surface area contributed by atoms with Crippen molar-refractivity contribution in [3.05, 3.63) is 76.9 Å². The highest BCUT2D eigenvalue weighted by atomic mass is 19.4. The van der Waals surface area contributed by atoms with Crippen LogP contribution in [0.5, 0.6) is 0 Å². The minimum Gasteiger partial charge on any atom is -0.369 e. The normalized spacial score (nSPS) is 18.7. The van der Waals surface area contributed by atoms with E-state index in [-0.39, 0.29) is 23.1 Å². The number of carbonyl (C=O) groups is 1. The van der Waals surface area contributed by atoms with Crippen molar-refractivity contribution in [3.8, 4) is 0 Å². The summed E-state index contributed by atoms with van der Waals surface area (Å²) in [5.41, 5.74) is 0.858. The van der Waals surface area contributed by atoms with Gasteiger partial charge >= 0.3 is 12.2 Å². The Bertz CT molecular complexity index is 1400. The lowest BCUT2D eigenvalue weighted by Crippen LogP contribution is -2.55. The van der Waals surface area contributed by atoms with Gasteiger partial charge in [0.15, 0.2) is 0 Å². The predicted octanol–water partition coefficient (Wildman–Crippen LogP) is 7.18. The molecule has 220 valence electrons. The third-order valence-corrected chi connectivity index (χ3v) is 7.78. The lowest BCUT2D eigenvalue weighted by atomic mass is 9.97. The molecule has 3 heterocycles. The Balaban J connectivity index is 1.47. The number of urea groups is 1. The molecule has 5 rings (SSSR count). The van der Waals surface area contributed by atoms with Gasteiger partial charge in [-0.2, -0.15) is 18.3 Å². The number of nitrogens with zero attached hydrogens (tertiary/aromatic N) is 5. The molecular weight excluding hydrogens is 548 g/mol. The van der Waals surface area contributed by atoms with Crippen LogP contribution in [0.25, 0.3) is 0 Å². The van der Waals surface area contributed by atoms with Crippen molar-refractivity contribution in [1.29, 1.82) is 0 Å². The van der Waals surface area contributed by atoms with E-state index in [0.29, 0.717) is 37.3 Å². The number of hydrogen-bond donors (Lipinski definition) is 0. The highest BCUT2D eigenvalue weighted by Crippen LogP contribution is 2.41. The number of para-hydroxylation sites is 1. The van der Waals surface area contributed by atoms with Crippen LogP contribution in [0.3, 0.4) is 0 Å². The number of fused-ring (bicyclic) bond motifs is 1. The Morgan fingerprint density at radius 1 is 1.00 bits per heavy atom. The molecule has 2 amide bonds. The summed E-state index contributed by atoms with van der Waals surface area (Å²) in [7, 11) is 0. The maximum Gasteiger partial charge on any atom is 0.416 e. The fourth-order valence-electron chi connectivity index (χ4n) is 5.96. The number of halogens is 6. The van der Waals surface area contributed by atoms with Crippen LogP contribution in [-0.2, 0) is 19.3 Å². The highest BCUT2D eigenvalue weighted by molar-refractivity contribution is 5.95. The second-order valence-electron chi connectivity index (χ2n) is 10.9. The quantitative estimate of drug-likeness (QED) is 0.291. The molecule has 0 saturated carbocycles. The Morgan fingerprint density at radius 3 is 2.32 bits per heavy atom. The van der Waals surface area contributed by atoms with E-state index in [4.69, 9.17) is 0 Å². The summed E-state index contributed by atoms with van der Waals surface area (Å²) in [6, 6.07) is 8.42. The average molecular weight is 580 g/mol. The molecule has 2 aliphatic heterocycles. The second kappa shape index (κ2) is 10.6. The Labute approximate surface area is 234 Å². The van der Waals surface area contributed by atoms with Crippen molar-refractivity contribution < 1.29 is 31.1 Å². The van der Waals surface area contributed by atoms with Gasteiger partial charge in [0.05, 0.1) is 29.5 Å². The van der Waals surface area contributed by atoms with Crippen LogP contribution in [0.15, 0.2) is 48.7 Å². The van der Waals surface area contributed by atoms with Gasteiger partial charge in [-0.3, -0.25) is 9.58 Å². The van der Waals surface area contributed by atoms with Gasteiger partial charge in [0, 0.05) is 32.3 Å². The number of anilines is 2. The monoisotopic (exact) mass is 579 g/mol. The fraction of sp³-hybridized carbons (Fsp3) is 0.448. The van der Waals surface area contributed by atoms with Gasteiger partial charge in [0.25, 0.3) is 5.92 Å². The fourth-order valence-corrected chi connectivity index (χ4v) is 5.96. The third-order valence-electron chi connectivity index (χ3n) is 7.78. The first-order chi connectivity index (χ1) is 19.2. The van der Waals surface area contributed by atoms with Crippen LogP contribution in [0.1, 0.15) is 55.1 Å². The maximum atomic E-state index is 14.6. The van der Waals surface area contributed by atoms with Crippen molar-refractivity contribution in [2.45, 2.75) is 70.9 Å². The zero-order valence-electron chi connectivity index (χ0n) is 22.9. The van der Waals surface area contributed by atoms with E-state index in [1.54, 1.807) is 17.9 Å². The molecule has 0 spiro atoms. The molecular formula is C29H31F6N5O. The van der Waals surface area contributed by atoms with E-state index >= 15 is 0 Å². The van der Waals surface area contributed by atoms with E-state index in [2.05, 4.69) is 5.10 Å². The van der Waals surface area contributed by atoms with Gasteiger partial charge in [-0.1, -0.05) is 30.3 Å². The number of benzene rings is 2. The molecule has 0 unspecified atom stereocenters. The lowest BCUT2D eigenvalue weighted by Gasteiger charge is -2.46. The van der Waals surface area contributed by atoms with Crippen LogP contribution < -0.4 is 9.80 Å². The summed E-state index contributed by atoms with van der Waals surface area (Å²) in [5.74, 6) is -3.42. The van der Waals surface area contributed by atoms with Crippen molar-refractivity contribution in [2.75, 3.05) is 22.9 Å².